The third-order valence-corrected chi connectivity index (χ3v) is 2.94. The molecule has 0 aromatic carbocycles. The van der Waals surface area contributed by atoms with Crippen LogP contribution in [0.4, 0.5) is 0 Å². The molecule has 0 fully saturated rings. The monoisotopic (exact) mass is 252 g/mol. The second kappa shape index (κ2) is 7.55. The lowest BCUT2D eigenvalue weighted by atomic mass is 10.00. The van der Waals surface area contributed by atoms with Crippen molar-refractivity contribution in [2.24, 2.45) is 0 Å². The first-order valence-electron chi connectivity index (χ1n) is 6.58. The third kappa shape index (κ3) is 9.20. The normalized spacial score (nSPS) is 24.8. The Morgan fingerprint density at radius 3 is 2.39 bits per heavy atom. The molecule has 2 atom stereocenters. The Kier molecular flexibility index (Phi) is 7.19. The van der Waals surface area contributed by atoms with Crippen LogP contribution >= 0.6 is 0 Å². The molecular formula is C16H28O2. The summed E-state index contributed by atoms with van der Waals surface area (Å²) >= 11 is 0. The first kappa shape index (κ1) is 17.1. The maximum Gasteiger partial charge on any atom is 0.0802 e. The summed E-state index contributed by atoms with van der Waals surface area (Å²) in [5.74, 6) is 0. The van der Waals surface area contributed by atoms with E-state index in [2.05, 4.69) is 26.5 Å². The molecule has 0 bridgehead atoms. The fourth-order valence-electron chi connectivity index (χ4n) is 1.55. The van der Waals surface area contributed by atoms with E-state index in [-0.39, 0.29) is 0 Å². The van der Waals surface area contributed by atoms with E-state index in [1.807, 2.05) is 19.1 Å². The van der Waals surface area contributed by atoms with Gasteiger partial charge in [-0.2, -0.15) is 0 Å². The molecule has 104 valence electrons. The Labute approximate surface area is 112 Å². The molecule has 0 amide bonds. The quantitative estimate of drug-likeness (QED) is 0.748. The number of allylic oxidation sites excluding steroid dienone is 3. The Hall–Kier alpha value is -0.860. The molecule has 0 spiro atoms. The van der Waals surface area contributed by atoms with Crippen LogP contribution in [-0.4, -0.2) is 21.4 Å². The maximum atomic E-state index is 9.49. The highest BCUT2D eigenvalue weighted by molar-refractivity contribution is 5.05. The van der Waals surface area contributed by atoms with Gasteiger partial charge in [0.2, 0.25) is 0 Å². The van der Waals surface area contributed by atoms with E-state index >= 15 is 0 Å². The molecule has 18 heavy (non-hydrogen) atoms. The largest absolute Gasteiger partial charge is 0.386 e. The van der Waals surface area contributed by atoms with E-state index in [4.69, 9.17) is 5.11 Å². The highest BCUT2D eigenvalue weighted by Gasteiger charge is 2.18. The second-order valence-electron chi connectivity index (χ2n) is 5.68. The van der Waals surface area contributed by atoms with Crippen molar-refractivity contribution in [3.63, 3.8) is 0 Å². The standard InChI is InChI=1S/C10H18O.C6H10O/c1-5-10(4,11)8-6-7-9(2)3;1-6(7)4-2-3-5-6/h5,7,11H,1,6,8H2,2-4H3;2,4,7H,3,5H2,1H3. The minimum atomic E-state index is -0.702. The zero-order chi connectivity index (χ0) is 14.2. The van der Waals surface area contributed by atoms with E-state index < -0.39 is 11.2 Å². The molecule has 1 aliphatic rings. The molecule has 2 N–H and O–H groups in total. The predicted octanol–water partition coefficient (Wildman–Crippen LogP) is 3.76. The van der Waals surface area contributed by atoms with Gasteiger partial charge in [0.1, 0.15) is 0 Å². The Morgan fingerprint density at radius 2 is 2.11 bits per heavy atom. The molecule has 0 aliphatic heterocycles. The molecule has 1 aliphatic carbocycles. The van der Waals surface area contributed by atoms with Crippen LogP contribution in [0.2, 0.25) is 0 Å². The van der Waals surface area contributed by atoms with Gasteiger partial charge >= 0.3 is 0 Å². The van der Waals surface area contributed by atoms with Crippen LogP contribution in [0.15, 0.2) is 36.5 Å². The number of rotatable bonds is 4. The van der Waals surface area contributed by atoms with Gasteiger partial charge in [0.25, 0.3) is 0 Å². The summed E-state index contributed by atoms with van der Waals surface area (Å²) in [6.07, 6.45) is 11.2. The first-order valence-corrected chi connectivity index (χ1v) is 6.58. The van der Waals surface area contributed by atoms with E-state index in [9.17, 15) is 5.11 Å². The van der Waals surface area contributed by atoms with Crippen molar-refractivity contribution < 1.29 is 10.2 Å². The summed E-state index contributed by atoms with van der Waals surface area (Å²) in [6.45, 7) is 11.3. The van der Waals surface area contributed by atoms with E-state index in [0.717, 1.165) is 25.7 Å². The first-order chi connectivity index (χ1) is 8.18. The molecule has 2 nitrogen and oxygen atoms in total. The number of hydrogen-bond donors (Lipinski definition) is 2. The van der Waals surface area contributed by atoms with Crippen molar-refractivity contribution in [1.29, 1.82) is 0 Å². The highest BCUT2D eigenvalue weighted by Crippen LogP contribution is 2.20. The maximum absolute atomic E-state index is 9.49. The van der Waals surface area contributed by atoms with Crippen LogP contribution in [-0.2, 0) is 0 Å². The van der Waals surface area contributed by atoms with Crippen LogP contribution in [0.25, 0.3) is 0 Å². The lowest BCUT2D eigenvalue weighted by molar-refractivity contribution is 0.103. The van der Waals surface area contributed by atoms with Crippen LogP contribution in [0.5, 0.6) is 0 Å². The lowest BCUT2D eigenvalue weighted by Gasteiger charge is -2.16. The predicted molar refractivity (Wildman–Crippen MR) is 78.5 cm³/mol. The molecular weight excluding hydrogens is 224 g/mol. The minimum Gasteiger partial charge on any atom is -0.386 e. The molecule has 0 heterocycles. The van der Waals surface area contributed by atoms with Gasteiger partial charge in [-0.3, -0.25) is 0 Å². The van der Waals surface area contributed by atoms with Crippen molar-refractivity contribution in [1.82, 2.24) is 0 Å². The summed E-state index contributed by atoms with van der Waals surface area (Å²) in [5.41, 5.74) is 0.108. The molecule has 0 saturated carbocycles. The molecule has 2 heteroatoms. The molecule has 1 rings (SSSR count). The van der Waals surface area contributed by atoms with Gasteiger partial charge in [-0.25, -0.2) is 0 Å². The van der Waals surface area contributed by atoms with Gasteiger partial charge in [0.05, 0.1) is 11.2 Å². The third-order valence-electron chi connectivity index (χ3n) is 2.94. The molecule has 0 aromatic heterocycles. The van der Waals surface area contributed by atoms with Crippen molar-refractivity contribution in [3.8, 4) is 0 Å². The van der Waals surface area contributed by atoms with Crippen LogP contribution in [0, 0.1) is 0 Å². The van der Waals surface area contributed by atoms with Crippen molar-refractivity contribution in [2.75, 3.05) is 0 Å². The number of hydrogen-bond acceptors (Lipinski definition) is 2. The van der Waals surface area contributed by atoms with Crippen LogP contribution < -0.4 is 0 Å². The lowest BCUT2D eigenvalue weighted by Crippen LogP contribution is -2.19. The van der Waals surface area contributed by atoms with Gasteiger partial charge in [0, 0.05) is 0 Å². The average Bonchev–Trinajstić information content (AvgIpc) is 2.63. The highest BCUT2D eigenvalue weighted by atomic mass is 16.3. The fourth-order valence-corrected chi connectivity index (χ4v) is 1.55. The smallest absolute Gasteiger partial charge is 0.0802 e. The summed E-state index contributed by atoms with van der Waals surface area (Å²) in [7, 11) is 0. The van der Waals surface area contributed by atoms with Gasteiger partial charge in [-0.15, -0.1) is 6.58 Å². The van der Waals surface area contributed by atoms with Crippen molar-refractivity contribution in [3.05, 3.63) is 36.5 Å². The summed E-state index contributed by atoms with van der Waals surface area (Å²) in [4.78, 5) is 0. The Morgan fingerprint density at radius 1 is 1.50 bits per heavy atom. The second-order valence-corrected chi connectivity index (χ2v) is 5.68. The van der Waals surface area contributed by atoms with Gasteiger partial charge < -0.3 is 10.2 Å². The zero-order valence-electron chi connectivity index (χ0n) is 12.2. The zero-order valence-corrected chi connectivity index (χ0v) is 12.2. The summed E-state index contributed by atoms with van der Waals surface area (Å²) in [6, 6.07) is 0. The van der Waals surface area contributed by atoms with E-state index in [1.165, 1.54) is 5.57 Å². The van der Waals surface area contributed by atoms with Crippen LogP contribution in [0.3, 0.4) is 0 Å². The molecule has 0 aromatic rings. The van der Waals surface area contributed by atoms with Crippen molar-refractivity contribution >= 4 is 0 Å². The Balaban J connectivity index is 0.000000351. The SMILES string of the molecule is C=CC(C)(O)CCC=C(C)C.CC1(O)C=CCC1. The van der Waals surface area contributed by atoms with Crippen molar-refractivity contribution in [2.45, 2.75) is 64.6 Å². The van der Waals surface area contributed by atoms with Gasteiger partial charge in [-0.05, 0) is 53.4 Å². The molecule has 0 saturated heterocycles. The van der Waals surface area contributed by atoms with E-state index in [0.29, 0.717) is 0 Å². The Bertz CT molecular complexity index is 305. The molecule has 0 radical (unpaired) electrons. The van der Waals surface area contributed by atoms with Crippen LogP contribution in [0.1, 0.15) is 53.4 Å². The fraction of sp³-hybridized carbons (Fsp3) is 0.625. The minimum absolute atomic E-state index is 0.486. The number of aliphatic hydroxyl groups is 2. The van der Waals surface area contributed by atoms with Gasteiger partial charge in [0.15, 0.2) is 0 Å². The van der Waals surface area contributed by atoms with E-state index in [1.54, 1.807) is 13.0 Å². The topological polar surface area (TPSA) is 40.5 Å². The molecule has 2 unspecified atom stereocenters. The average molecular weight is 252 g/mol. The summed E-state index contributed by atoms with van der Waals surface area (Å²) in [5, 5.41) is 18.6. The van der Waals surface area contributed by atoms with Gasteiger partial charge in [-0.1, -0.05) is 29.9 Å². The summed E-state index contributed by atoms with van der Waals surface area (Å²) < 4.78 is 0.